The number of hydrogen-bond acceptors (Lipinski definition) is 3. The summed E-state index contributed by atoms with van der Waals surface area (Å²) in [5.41, 5.74) is 1.16. The number of nitrogens with one attached hydrogen (secondary N) is 1. The molecule has 1 aromatic heterocycles. The Hall–Kier alpha value is -1.88. The van der Waals surface area contributed by atoms with Crippen molar-refractivity contribution in [3.05, 3.63) is 59.5 Å². The number of benzene rings is 1. The Morgan fingerprint density at radius 2 is 2.04 bits per heavy atom. The first kappa shape index (κ1) is 17.5. The fraction of sp³-hybridized carbons (Fsp3) is 0.333. The lowest BCUT2D eigenvalue weighted by molar-refractivity contribution is 0.0949. The maximum absolute atomic E-state index is 13.7. The average molecular weight is 332 g/mol. The summed E-state index contributed by atoms with van der Waals surface area (Å²) in [6.07, 6.45) is 4.84. The summed E-state index contributed by atoms with van der Waals surface area (Å²) in [6.45, 7) is 2.79. The maximum Gasteiger partial charge on any atom is 0.254 e. The standard InChI is InChI=1S/C18H21FN2OS/c1-2-3-6-11-20-17(22)15-9-7-12-21-18(15)23-13-14-8-4-5-10-16(14)19/h4-5,7-10,12H,2-3,6,11,13H2,1H3,(H,20,22). The van der Waals surface area contributed by atoms with Gasteiger partial charge in [0, 0.05) is 18.5 Å². The van der Waals surface area contributed by atoms with Gasteiger partial charge in [-0.25, -0.2) is 9.37 Å². The van der Waals surface area contributed by atoms with Gasteiger partial charge in [0.2, 0.25) is 0 Å². The molecule has 23 heavy (non-hydrogen) atoms. The third-order valence-electron chi connectivity index (χ3n) is 3.40. The first-order chi connectivity index (χ1) is 11.2. The van der Waals surface area contributed by atoms with E-state index < -0.39 is 0 Å². The fourth-order valence-electron chi connectivity index (χ4n) is 2.11. The van der Waals surface area contributed by atoms with Crippen LogP contribution in [0.15, 0.2) is 47.6 Å². The second-order valence-corrected chi connectivity index (χ2v) is 6.16. The summed E-state index contributed by atoms with van der Waals surface area (Å²) in [7, 11) is 0. The van der Waals surface area contributed by atoms with Gasteiger partial charge in [0.15, 0.2) is 0 Å². The molecule has 5 heteroatoms. The van der Waals surface area contributed by atoms with Crippen LogP contribution in [0.5, 0.6) is 0 Å². The van der Waals surface area contributed by atoms with Gasteiger partial charge < -0.3 is 5.32 Å². The Kier molecular flexibility index (Phi) is 7.07. The number of carbonyl (C=O) groups is 1. The van der Waals surface area contributed by atoms with Crippen LogP contribution in [0.4, 0.5) is 4.39 Å². The largest absolute Gasteiger partial charge is 0.352 e. The molecule has 2 rings (SSSR count). The van der Waals surface area contributed by atoms with Crippen LogP contribution in [0.2, 0.25) is 0 Å². The normalized spacial score (nSPS) is 10.5. The number of amides is 1. The van der Waals surface area contributed by atoms with Crippen molar-refractivity contribution in [3.8, 4) is 0 Å². The first-order valence-corrected chi connectivity index (χ1v) is 8.80. The summed E-state index contributed by atoms with van der Waals surface area (Å²) >= 11 is 1.37. The van der Waals surface area contributed by atoms with Gasteiger partial charge in [-0.05, 0) is 30.2 Å². The minimum absolute atomic E-state index is 0.120. The van der Waals surface area contributed by atoms with Crippen LogP contribution >= 0.6 is 11.8 Å². The molecule has 1 heterocycles. The molecule has 0 fully saturated rings. The van der Waals surface area contributed by atoms with Gasteiger partial charge in [-0.1, -0.05) is 38.0 Å². The molecule has 1 amide bonds. The van der Waals surface area contributed by atoms with Crippen LogP contribution in [0.25, 0.3) is 0 Å². The van der Waals surface area contributed by atoms with Gasteiger partial charge in [0.1, 0.15) is 10.8 Å². The molecule has 2 aromatic rings. The fourth-order valence-corrected chi connectivity index (χ4v) is 3.09. The zero-order chi connectivity index (χ0) is 16.5. The highest BCUT2D eigenvalue weighted by molar-refractivity contribution is 7.98. The molecule has 1 aromatic carbocycles. The van der Waals surface area contributed by atoms with Crippen molar-refractivity contribution in [2.24, 2.45) is 0 Å². The summed E-state index contributed by atoms with van der Waals surface area (Å²) in [5.74, 6) is 0.0894. The van der Waals surface area contributed by atoms with Crippen molar-refractivity contribution in [2.45, 2.75) is 37.0 Å². The molecule has 0 spiro atoms. The third kappa shape index (κ3) is 5.36. The third-order valence-corrected chi connectivity index (χ3v) is 4.46. The van der Waals surface area contributed by atoms with E-state index >= 15 is 0 Å². The number of halogens is 1. The van der Waals surface area contributed by atoms with Gasteiger partial charge in [0.05, 0.1) is 5.56 Å². The Balaban J connectivity index is 2.00. The van der Waals surface area contributed by atoms with Crippen molar-refractivity contribution in [3.63, 3.8) is 0 Å². The van der Waals surface area contributed by atoms with Crippen molar-refractivity contribution < 1.29 is 9.18 Å². The highest BCUT2D eigenvalue weighted by Crippen LogP contribution is 2.25. The Bertz CT molecular complexity index is 648. The van der Waals surface area contributed by atoms with E-state index in [-0.39, 0.29) is 11.7 Å². The molecule has 0 unspecified atom stereocenters. The molecular formula is C18H21FN2OS. The summed E-state index contributed by atoms with van der Waals surface area (Å²) < 4.78 is 13.7. The predicted molar refractivity (Wildman–Crippen MR) is 92.1 cm³/mol. The SMILES string of the molecule is CCCCCNC(=O)c1cccnc1SCc1ccccc1F. The Labute approximate surface area is 140 Å². The monoisotopic (exact) mass is 332 g/mol. The van der Waals surface area contributed by atoms with E-state index in [0.29, 0.717) is 28.5 Å². The van der Waals surface area contributed by atoms with E-state index in [2.05, 4.69) is 17.2 Å². The smallest absolute Gasteiger partial charge is 0.254 e. The molecule has 0 aliphatic rings. The number of hydrogen-bond donors (Lipinski definition) is 1. The number of carbonyl (C=O) groups excluding carboxylic acids is 1. The second kappa shape index (κ2) is 9.30. The van der Waals surface area contributed by atoms with Crippen LogP contribution in [0.3, 0.4) is 0 Å². The van der Waals surface area contributed by atoms with Crippen LogP contribution in [-0.4, -0.2) is 17.4 Å². The van der Waals surface area contributed by atoms with E-state index in [0.717, 1.165) is 19.3 Å². The first-order valence-electron chi connectivity index (χ1n) is 7.81. The van der Waals surface area contributed by atoms with Gasteiger partial charge >= 0.3 is 0 Å². The van der Waals surface area contributed by atoms with Crippen molar-refractivity contribution >= 4 is 17.7 Å². The van der Waals surface area contributed by atoms with Crippen LogP contribution in [-0.2, 0) is 5.75 Å². The van der Waals surface area contributed by atoms with Crippen LogP contribution in [0.1, 0.15) is 42.1 Å². The average Bonchev–Trinajstić information content (AvgIpc) is 2.58. The second-order valence-electron chi connectivity index (χ2n) is 5.20. The Morgan fingerprint density at radius 3 is 2.83 bits per heavy atom. The minimum Gasteiger partial charge on any atom is -0.352 e. The molecule has 0 radical (unpaired) electrons. The van der Waals surface area contributed by atoms with E-state index in [4.69, 9.17) is 0 Å². The molecule has 0 atom stereocenters. The van der Waals surface area contributed by atoms with Crippen LogP contribution < -0.4 is 5.32 Å². The lowest BCUT2D eigenvalue weighted by atomic mass is 10.2. The Morgan fingerprint density at radius 1 is 1.22 bits per heavy atom. The molecule has 0 saturated heterocycles. The number of unbranched alkanes of at least 4 members (excludes halogenated alkanes) is 2. The molecule has 0 saturated carbocycles. The molecular weight excluding hydrogens is 311 g/mol. The number of nitrogens with zero attached hydrogens (tertiary/aromatic N) is 1. The molecule has 0 aliphatic heterocycles. The van der Waals surface area contributed by atoms with Gasteiger partial charge in [-0.3, -0.25) is 4.79 Å². The van der Waals surface area contributed by atoms with Gasteiger partial charge in [-0.15, -0.1) is 11.8 Å². The van der Waals surface area contributed by atoms with E-state index in [1.807, 2.05) is 0 Å². The summed E-state index contributed by atoms with van der Waals surface area (Å²) in [4.78, 5) is 16.5. The van der Waals surface area contributed by atoms with E-state index in [1.54, 1.807) is 36.5 Å². The van der Waals surface area contributed by atoms with Crippen molar-refractivity contribution in [1.82, 2.24) is 10.3 Å². The number of aromatic nitrogens is 1. The van der Waals surface area contributed by atoms with Crippen molar-refractivity contribution in [2.75, 3.05) is 6.54 Å². The summed E-state index contributed by atoms with van der Waals surface area (Å²) in [5, 5.41) is 3.55. The highest BCUT2D eigenvalue weighted by atomic mass is 32.2. The van der Waals surface area contributed by atoms with Gasteiger partial charge in [0.25, 0.3) is 5.91 Å². The quantitative estimate of drug-likeness (QED) is 0.574. The lowest BCUT2D eigenvalue weighted by Gasteiger charge is -2.09. The molecule has 3 nitrogen and oxygen atoms in total. The highest BCUT2D eigenvalue weighted by Gasteiger charge is 2.13. The number of pyridine rings is 1. The lowest BCUT2D eigenvalue weighted by Crippen LogP contribution is -2.25. The number of rotatable bonds is 8. The molecule has 0 bridgehead atoms. The van der Waals surface area contributed by atoms with E-state index in [9.17, 15) is 9.18 Å². The molecule has 122 valence electrons. The topological polar surface area (TPSA) is 42.0 Å². The molecule has 1 N–H and O–H groups in total. The predicted octanol–water partition coefficient (Wildman–Crippen LogP) is 4.43. The van der Waals surface area contributed by atoms with Gasteiger partial charge in [-0.2, -0.15) is 0 Å². The zero-order valence-corrected chi connectivity index (χ0v) is 14.0. The van der Waals surface area contributed by atoms with Crippen LogP contribution in [0, 0.1) is 5.82 Å². The zero-order valence-electron chi connectivity index (χ0n) is 13.2. The molecule has 0 aliphatic carbocycles. The van der Waals surface area contributed by atoms with E-state index in [1.165, 1.54) is 17.8 Å². The minimum atomic E-state index is -0.235. The van der Waals surface area contributed by atoms with Crippen molar-refractivity contribution in [1.29, 1.82) is 0 Å². The maximum atomic E-state index is 13.7. The number of thioether (sulfide) groups is 1. The summed E-state index contributed by atoms with van der Waals surface area (Å²) in [6, 6.07) is 10.2.